The number of nitrogens with zero attached hydrogens (tertiary/aromatic N) is 1. The number of nitrogens with one attached hydrogen (secondary N) is 1. The van der Waals surface area contributed by atoms with E-state index in [4.69, 9.17) is 9.47 Å². The van der Waals surface area contributed by atoms with Crippen molar-refractivity contribution in [1.82, 2.24) is 4.90 Å². The lowest BCUT2D eigenvalue weighted by molar-refractivity contribution is -0.114. The molecule has 2 aliphatic rings. The van der Waals surface area contributed by atoms with E-state index in [9.17, 15) is 4.79 Å². The van der Waals surface area contributed by atoms with Crippen molar-refractivity contribution in [3.63, 3.8) is 0 Å². The lowest BCUT2D eigenvalue weighted by Gasteiger charge is -2.33. The van der Waals surface area contributed by atoms with Crippen molar-refractivity contribution in [2.24, 2.45) is 0 Å². The summed E-state index contributed by atoms with van der Waals surface area (Å²) in [5, 5.41) is 2.76. The number of hydrogen-bond acceptors (Lipinski definition) is 4. The van der Waals surface area contributed by atoms with E-state index in [0.29, 0.717) is 18.4 Å². The van der Waals surface area contributed by atoms with Crippen LogP contribution in [0.1, 0.15) is 19.8 Å². The maximum Gasteiger partial charge on any atom is 0.221 e. The van der Waals surface area contributed by atoms with Gasteiger partial charge in [0.1, 0.15) is 12.7 Å². The average Bonchev–Trinajstić information content (AvgIpc) is 2.83. The van der Waals surface area contributed by atoms with Crippen LogP contribution in [-0.4, -0.2) is 43.2 Å². The summed E-state index contributed by atoms with van der Waals surface area (Å²) >= 11 is 0. The largest absolute Gasteiger partial charge is 0.486 e. The summed E-state index contributed by atoms with van der Waals surface area (Å²) in [7, 11) is 2.13. The van der Waals surface area contributed by atoms with Crippen LogP contribution in [0.4, 0.5) is 5.69 Å². The summed E-state index contributed by atoms with van der Waals surface area (Å²) in [6.07, 6.45) is 2.41. The van der Waals surface area contributed by atoms with Crippen molar-refractivity contribution in [2.45, 2.75) is 31.9 Å². The van der Waals surface area contributed by atoms with Crippen LogP contribution in [0.25, 0.3) is 0 Å². The number of likely N-dealkylation sites (tertiary alicyclic amines) is 1. The number of carbonyl (C=O) groups is 1. The zero-order valence-electron chi connectivity index (χ0n) is 11.9. The highest BCUT2D eigenvalue weighted by molar-refractivity contribution is 5.89. The van der Waals surface area contributed by atoms with Crippen LogP contribution in [-0.2, 0) is 4.79 Å². The molecule has 20 heavy (non-hydrogen) atoms. The minimum atomic E-state index is -0.0891. The van der Waals surface area contributed by atoms with Gasteiger partial charge in [-0.05, 0) is 38.6 Å². The van der Waals surface area contributed by atoms with Crippen molar-refractivity contribution >= 4 is 11.6 Å². The first-order chi connectivity index (χ1) is 9.63. The fraction of sp³-hybridized carbons (Fsp3) is 0.533. The van der Waals surface area contributed by atoms with Gasteiger partial charge in [-0.1, -0.05) is 0 Å². The number of carbonyl (C=O) groups excluding carboxylic acids is 1. The highest BCUT2D eigenvalue weighted by Crippen LogP contribution is 2.36. The number of anilines is 1. The number of ether oxygens (including phenoxy) is 2. The lowest BCUT2D eigenvalue weighted by atomic mass is 10.1. The van der Waals surface area contributed by atoms with Crippen molar-refractivity contribution in [2.75, 3.05) is 25.5 Å². The highest BCUT2D eigenvalue weighted by Gasteiger charge is 2.34. The summed E-state index contributed by atoms with van der Waals surface area (Å²) in [6, 6.07) is 5.91. The first-order valence-electron chi connectivity index (χ1n) is 7.05. The number of benzene rings is 1. The predicted octanol–water partition coefficient (Wildman–Crippen LogP) is 1.88. The number of likely N-dealkylation sites (N-methyl/N-ethyl adjacent to an activating group) is 1. The summed E-state index contributed by atoms with van der Waals surface area (Å²) in [4.78, 5) is 13.4. The second-order valence-electron chi connectivity index (χ2n) is 5.50. The molecule has 0 unspecified atom stereocenters. The maximum atomic E-state index is 11.1. The van der Waals surface area contributed by atoms with Crippen LogP contribution < -0.4 is 14.8 Å². The predicted molar refractivity (Wildman–Crippen MR) is 76.3 cm³/mol. The molecule has 1 fully saturated rings. The van der Waals surface area contributed by atoms with Crippen molar-refractivity contribution in [3.05, 3.63) is 18.2 Å². The summed E-state index contributed by atoms with van der Waals surface area (Å²) in [5.74, 6) is 1.37. The first-order valence-corrected chi connectivity index (χ1v) is 7.05. The Morgan fingerprint density at radius 1 is 1.40 bits per heavy atom. The normalized spacial score (nSPS) is 25.5. The Morgan fingerprint density at radius 3 is 2.95 bits per heavy atom. The van der Waals surface area contributed by atoms with Crippen LogP contribution in [0.3, 0.4) is 0 Å². The molecule has 1 aromatic carbocycles. The monoisotopic (exact) mass is 276 g/mol. The van der Waals surface area contributed by atoms with Crippen molar-refractivity contribution in [1.29, 1.82) is 0 Å². The summed E-state index contributed by atoms with van der Waals surface area (Å²) < 4.78 is 11.9. The molecule has 1 N–H and O–H groups in total. The van der Waals surface area contributed by atoms with Gasteiger partial charge in [0, 0.05) is 24.7 Å². The molecule has 3 rings (SSSR count). The maximum absolute atomic E-state index is 11.1. The minimum Gasteiger partial charge on any atom is -0.486 e. The Morgan fingerprint density at radius 2 is 2.25 bits per heavy atom. The standard InChI is InChI=1S/C15H20N2O3/c1-10(18)16-11-5-6-13-14(8-11)20-15(9-19-13)12-4-3-7-17(12)2/h5-6,8,12,15H,3-4,7,9H2,1-2H3,(H,16,18)/t12-,15+/m0/s1. The van der Waals surface area contributed by atoms with E-state index >= 15 is 0 Å². The molecule has 2 aliphatic heterocycles. The van der Waals surface area contributed by atoms with E-state index < -0.39 is 0 Å². The van der Waals surface area contributed by atoms with E-state index in [-0.39, 0.29) is 12.0 Å². The van der Waals surface area contributed by atoms with Crippen LogP contribution >= 0.6 is 0 Å². The van der Waals surface area contributed by atoms with Gasteiger partial charge >= 0.3 is 0 Å². The third kappa shape index (κ3) is 2.58. The second kappa shape index (κ2) is 5.32. The summed E-state index contributed by atoms with van der Waals surface area (Å²) in [6.45, 7) is 3.19. The van der Waals surface area contributed by atoms with Gasteiger partial charge in [-0.15, -0.1) is 0 Å². The topological polar surface area (TPSA) is 50.8 Å². The molecule has 0 saturated carbocycles. The van der Waals surface area contributed by atoms with E-state index in [1.165, 1.54) is 13.3 Å². The van der Waals surface area contributed by atoms with Gasteiger partial charge in [-0.25, -0.2) is 0 Å². The van der Waals surface area contributed by atoms with E-state index in [2.05, 4.69) is 17.3 Å². The Bertz CT molecular complexity index is 518. The van der Waals surface area contributed by atoms with E-state index in [0.717, 1.165) is 24.4 Å². The molecule has 0 spiro atoms. The molecule has 2 heterocycles. The van der Waals surface area contributed by atoms with Crippen LogP contribution in [0.5, 0.6) is 11.5 Å². The highest BCUT2D eigenvalue weighted by atomic mass is 16.6. The minimum absolute atomic E-state index is 0.0579. The van der Waals surface area contributed by atoms with Gasteiger partial charge in [-0.2, -0.15) is 0 Å². The Labute approximate surface area is 118 Å². The third-order valence-electron chi connectivity index (χ3n) is 3.95. The fourth-order valence-electron chi connectivity index (χ4n) is 2.96. The molecular formula is C15H20N2O3. The van der Waals surface area contributed by atoms with Crippen LogP contribution in [0, 0.1) is 0 Å². The number of hydrogen-bond donors (Lipinski definition) is 1. The number of rotatable bonds is 2. The van der Waals surface area contributed by atoms with Crippen molar-refractivity contribution in [3.8, 4) is 11.5 Å². The van der Waals surface area contributed by atoms with Crippen molar-refractivity contribution < 1.29 is 14.3 Å². The van der Waals surface area contributed by atoms with Gasteiger partial charge < -0.3 is 14.8 Å². The van der Waals surface area contributed by atoms with Gasteiger partial charge in [-0.3, -0.25) is 9.69 Å². The molecule has 1 aromatic rings. The smallest absolute Gasteiger partial charge is 0.221 e. The zero-order chi connectivity index (χ0) is 14.1. The van der Waals surface area contributed by atoms with E-state index in [1.54, 1.807) is 0 Å². The average molecular weight is 276 g/mol. The Hall–Kier alpha value is -1.75. The van der Waals surface area contributed by atoms with Gasteiger partial charge in [0.2, 0.25) is 5.91 Å². The van der Waals surface area contributed by atoms with Gasteiger partial charge in [0.05, 0.1) is 0 Å². The lowest BCUT2D eigenvalue weighted by Crippen LogP contribution is -2.45. The molecule has 0 aromatic heterocycles. The molecule has 108 valence electrons. The molecule has 5 nitrogen and oxygen atoms in total. The molecule has 1 saturated heterocycles. The van der Waals surface area contributed by atoms with Gasteiger partial charge in [0.25, 0.3) is 0 Å². The molecule has 0 aliphatic carbocycles. The SMILES string of the molecule is CC(=O)Nc1ccc2c(c1)O[C@@H]([C@@H]1CCCN1C)CO2. The third-order valence-corrected chi connectivity index (χ3v) is 3.95. The number of fused-ring (bicyclic) bond motifs is 1. The molecule has 0 radical (unpaired) electrons. The number of amides is 1. The van der Waals surface area contributed by atoms with Crippen LogP contribution in [0.15, 0.2) is 18.2 Å². The second-order valence-corrected chi connectivity index (χ2v) is 5.50. The van der Waals surface area contributed by atoms with Crippen LogP contribution in [0.2, 0.25) is 0 Å². The quantitative estimate of drug-likeness (QED) is 0.896. The fourth-order valence-corrected chi connectivity index (χ4v) is 2.96. The molecular weight excluding hydrogens is 256 g/mol. The zero-order valence-corrected chi connectivity index (χ0v) is 11.9. The first kappa shape index (κ1) is 13.2. The van der Waals surface area contributed by atoms with Gasteiger partial charge in [0.15, 0.2) is 11.5 Å². The Kier molecular flexibility index (Phi) is 3.53. The molecule has 2 atom stereocenters. The molecule has 5 heteroatoms. The molecule has 0 bridgehead atoms. The molecule has 1 amide bonds. The van der Waals surface area contributed by atoms with E-state index in [1.807, 2.05) is 18.2 Å². The Balaban J connectivity index is 1.77. The summed E-state index contributed by atoms with van der Waals surface area (Å²) in [5.41, 5.74) is 0.736.